The number of nitrogens with two attached hydrogens (primary N) is 1. The summed E-state index contributed by atoms with van der Waals surface area (Å²) in [5, 5.41) is 0. The van der Waals surface area contributed by atoms with Crippen molar-refractivity contribution in [2.75, 3.05) is 26.4 Å². The largest absolute Gasteiger partial charge is 0.472 e. The first-order chi connectivity index (χ1) is 40.8. The molecule has 0 fully saturated rings. The zero-order chi connectivity index (χ0) is 60.1. The number of phosphoric ester groups is 1. The van der Waals surface area contributed by atoms with E-state index in [1.54, 1.807) is 0 Å². The lowest BCUT2D eigenvalue weighted by molar-refractivity contribution is -0.161. The van der Waals surface area contributed by atoms with Crippen molar-refractivity contribution in [3.8, 4) is 0 Å². The van der Waals surface area contributed by atoms with Gasteiger partial charge in [-0.25, -0.2) is 4.57 Å². The van der Waals surface area contributed by atoms with Gasteiger partial charge in [0.05, 0.1) is 13.2 Å². The summed E-state index contributed by atoms with van der Waals surface area (Å²) in [6.45, 7) is 3.53. The zero-order valence-corrected chi connectivity index (χ0v) is 54.5. The highest BCUT2D eigenvalue weighted by Gasteiger charge is 2.26. The van der Waals surface area contributed by atoms with E-state index < -0.39 is 26.5 Å². The number of carbonyl (C=O) groups excluding carboxylic acids is 2. The molecule has 0 aliphatic carbocycles. The van der Waals surface area contributed by atoms with Crippen LogP contribution in [0.15, 0.2) is 109 Å². The number of allylic oxidation sites excluding steroid dienone is 18. The Balaban J connectivity index is 3.82. The summed E-state index contributed by atoms with van der Waals surface area (Å²) >= 11 is 0. The van der Waals surface area contributed by atoms with Gasteiger partial charge in [-0.15, -0.1) is 0 Å². The fourth-order valence-electron chi connectivity index (χ4n) is 9.66. The van der Waals surface area contributed by atoms with Gasteiger partial charge in [0, 0.05) is 19.4 Å². The predicted octanol–water partition coefficient (Wildman–Crippen LogP) is 22.5. The van der Waals surface area contributed by atoms with Gasteiger partial charge in [-0.3, -0.25) is 18.6 Å². The molecule has 0 aromatic rings. The van der Waals surface area contributed by atoms with Crippen molar-refractivity contribution >= 4 is 19.8 Å². The fourth-order valence-corrected chi connectivity index (χ4v) is 10.4. The molecule has 0 aliphatic heterocycles. The maximum absolute atomic E-state index is 12.7. The van der Waals surface area contributed by atoms with Gasteiger partial charge in [-0.2, -0.15) is 0 Å². The van der Waals surface area contributed by atoms with Crippen LogP contribution in [0.1, 0.15) is 309 Å². The van der Waals surface area contributed by atoms with Gasteiger partial charge in [-0.05, 0) is 96.3 Å². The van der Waals surface area contributed by atoms with Crippen molar-refractivity contribution in [1.29, 1.82) is 0 Å². The minimum atomic E-state index is -4.40. The Morgan fingerprint density at radius 1 is 0.361 bits per heavy atom. The fraction of sp³-hybridized carbons (Fsp3) is 0.726. The van der Waals surface area contributed by atoms with Crippen molar-refractivity contribution in [3.63, 3.8) is 0 Å². The number of ether oxygens (including phenoxy) is 2. The topological polar surface area (TPSA) is 134 Å². The van der Waals surface area contributed by atoms with Crippen LogP contribution in [0.3, 0.4) is 0 Å². The summed E-state index contributed by atoms with van der Waals surface area (Å²) in [5.41, 5.74) is 5.40. The molecule has 0 amide bonds. The summed E-state index contributed by atoms with van der Waals surface area (Å²) in [4.78, 5) is 35.3. The van der Waals surface area contributed by atoms with E-state index in [9.17, 15) is 19.0 Å². The van der Waals surface area contributed by atoms with E-state index in [0.29, 0.717) is 6.42 Å². The highest BCUT2D eigenvalue weighted by molar-refractivity contribution is 7.47. The van der Waals surface area contributed by atoms with Crippen LogP contribution in [0.25, 0.3) is 0 Å². The summed E-state index contributed by atoms with van der Waals surface area (Å²) < 4.78 is 33.1. The molecule has 0 saturated heterocycles. The standard InChI is InChI=1S/C73H128NO8P/c1-3-5-7-9-11-13-15-17-19-21-23-25-27-28-29-30-31-32-33-34-35-36-37-38-39-40-41-42-44-45-47-49-51-53-55-57-59-61-63-65-72(75)79-69-71(70-81-83(77,78)80-68-67-74)82-73(76)66-64-62-60-58-56-54-52-50-48-46-43-26-24-22-20-18-16-14-12-10-8-6-4-2/h5-8,11-14,17-20,23-26,46,48,71H,3-4,9-10,15-16,21-22,27-45,47,49-70,74H2,1-2H3,(H,77,78)/b7-5-,8-6-,13-11-,14-12-,19-17-,20-18-,25-23-,26-24-,48-46-. The van der Waals surface area contributed by atoms with Gasteiger partial charge < -0.3 is 20.1 Å². The summed E-state index contributed by atoms with van der Waals surface area (Å²) in [5.74, 6) is -0.833. The second kappa shape index (κ2) is 67.8. The zero-order valence-electron chi connectivity index (χ0n) is 53.7. The molecule has 0 aromatic heterocycles. The number of hydrogen-bond acceptors (Lipinski definition) is 8. The van der Waals surface area contributed by atoms with Crippen molar-refractivity contribution in [1.82, 2.24) is 0 Å². The maximum Gasteiger partial charge on any atom is 0.472 e. The Labute approximate surface area is 511 Å². The van der Waals surface area contributed by atoms with Crippen LogP contribution in [0.5, 0.6) is 0 Å². The normalized spacial score (nSPS) is 13.6. The van der Waals surface area contributed by atoms with Gasteiger partial charge in [0.1, 0.15) is 6.61 Å². The summed E-state index contributed by atoms with van der Waals surface area (Å²) in [6, 6.07) is 0. The number of phosphoric acid groups is 1. The maximum atomic E-state index is 12.7. The molecular weight excluding hydrogens is 1050 g/mol. The smallest absolute Gasteiger partial charge is 0.462 e. The molecule has 0 radical (unpaired) electrons. The van der Waals surface area contributed by atoms with Crippen molar-refractivity contribution < 1.29 is 37.6 Å². The summed E-state index contributed by atoms with van der Waals surface area (Å²) in [7, 11) is -4.40. The third kappa shape index (κ3) is 67.7. The molecule has 0 heterocycles. The number of carbonyl (C=O) groups is 2. The molecule has 10 heteroatoms. The minimum Gasteiger partial charge on any atom is -0.462 e. The van der Waals surface area contributed by atoms with E-state index in [0.717, 1.165) is 103 Å². The Bertz CT molecular complexity index is 1730. The Hall–Kier alpha value is -3.33. The lowest BCUT2D eigenvalue weighted by atomic mass is 10.0. The number of unbranched alkanes of at least 4 members (excludes halogenated alkanes) is 33. The molecule has 0 aromatic carbocycles. The highest BCUT2D eigenvalue weighted by atomic mass is 31.2. The SMILES string of the molecule is CC/C=C\C/C=C\C/C=C\C/C=C\C/C=C\CCCCCCCCCC(=O)OC(COC(=O)CCCCCCCCCCCCCCCCCCCCCCCCCCCC/C=C\C/C=C\C/C=C\C/C=C\CC)COP(=O)(O)OCCN. The van der Waals surface area contributed by atoms with Crippen molar-refractivity contribution in [3.05, 3.63) is 109 Å². The molecule has 2 atom stereocenters. The van der Waals surface area contributed by atoms with E-state index in [1.807, 2.05) is 0 Å². The number of esters is 2. The van der Waals surface area contributed by atoms with Crippen molar-refractivity contribution in [2.24, 2.45) is 5.73 Å². The third-order valence-corrected chi connectivity index (χ3v) is 15.6. The van der Waals surface area contributed by atoms with Gasteiger partial charge >= 0.3 is 19.8 Å². The molecule has 0 spiro atoms. The Kier molecular flexibility index (Phi) is 65.1. The van der Waals surface area contributed by atoms with E-state index in [-0.39, 0.29) is 38.6 Å². The molecular formula is C73H128NO8P. The lowest BCUT2D eigenvalue weighted by Gasteiger charge is -2.19. The van der Waals surface area contributed by atoms with Crippen LogP contribution in [-0.2, 0) is 32.7 Å². The number of rotatable bonds is 64. The lowest BCUT2D eigenvalue weighted by Crippen LogP contribution is -2.29. The molecule has 2 unspecified atom stereocenters. The quantitative estimate of drug-likeness (QED) is 0.0264. The van der Waals surface area contributed by atoms with Gasteiger partial charge in [0.15, 0.2) is 6.10 Å². The van der Waals surface area contributed by atoms with Gasteiger partial charge in [-0.1, -0.05) is 309 Å². The Morgan fingerprint density at radius 2 is 0.627 bits per heavy atom. The molecule has 0 rings (SSSR count). The van der Waals surface area contributed by atoms with E-state index >= 15 is 0 Å². The third-order valence-electron chi connectivity index (χ3n) is 14.7. The van der Waals surface area contributed by atoms with E-state index in [2.05, 4.69) is 123 Å². The van der Waals surface area contributed by atoms with Crippen LogP contribution in [0, 0.1) is 0 Å². The van der Waals surface area contributed by atoms with E-state index in [4.69, 9.17) is 24.3 Å². The van der Waals surface area contributed by atoms with Crippen molar-refractivity contribution in [2.45, 2.75) is 315 Å². The summed E-state index contributed by atoms with van der Waals surface area (Å²) in [6.07, 6.45) is 93.3. The monoisotopic (exact) mass is 1180 g/mol. The molecule has 0 saturated carbocycles. The van der Waals surface area contributed by atoms with Crippen LogP contribution < -0.4 is 5.73 Å². The molecule has 0 aliphatic rings. The van der Waals surface area contributed by atoms with Gasteiger partial charge in [0.2, 0.25) is 0 Å². The van der Waals surface area contributed by atoms with E-state index in [1.165, 1.54) is 173 Å². The highest BCUT2D eigenvalue weighted by Crippen LogP contribution is 2.43. The Morgan fingerprint density at radius 3 is 0.928 bits per heavy atom. The average molecular weight is 1180 g/mol. The molecule has 3 N–H and O–H groups in total. The first-order valence-corrected chi connectivity index (χ1v) is 35.9. The molecule has 478 valence electrons. The van der Waals surface area contributed by atoms with Crippen LogP contribution in [0.4, 0.5) is 0 Å². The second-order valence-corrected chi connectivity index (χ2v) is 24.1. The van der Waals surface area contributed by atoms with Crippen LogP contribution in [0.2, 0.25) is 0 Å². The first-order valence-electron chi connectivity index (χ1n) is 34.4. The molecule has 0 bridgehead atoms. The van der Waals surface area contributed by atoms with Crippen LogP contribution >= 0.6 is 7.82 Å². The average Bonchev–Trinajstić information content (AvgIpc) is 3.48. The number of hydrogen-bond donors (Lipinski definition) is 2. The van der Waals surface area contributed by atoms with Crippen LogP contribution in [-0.4, -0.2) is 49.3 Å². The predicted molar refractivity (Wildman–Crippen MR) is 358 cm³/mol. The molecule has 83 heavy (non-hydrogen) atoms. The van der Waals surface area contributed by atoms with Gasteiger partial charge in [0.25, 0.3) is 0 Å². The minimum absolute atomic E-state index is 0.0483. The second-order valence-electron chi connectivity index (χ2n) is 22.6. The first kappa shape index (κ1) is 79.7. The molecule has 9 nitrogen and oxygen atoms in total.